The van der Waals surface area contributed by atoms with Gasteiger partial charge in [0, 0.05) is 4.47 Å². The molecule has 0 aromatic heterocycles. The smallest absolute Gasteiger partial charge is 0.154 e. The summed E-state index contributed by atoms with van der Waals surface area (Å²) in [6.45, 7) is 7.40. The van der Waals surface area contributed by atoms with Gasteiger partial charge in [-0.3, -0.25) is 4.79 Å². The van der Waals surface area contributed by atoms with Crippen LogP contribution in [0, 0.1) is 0 Å². The normalized spacial score (nSPS) is 10.3. The van der Waals surface area contributed by atoms with Crippen molar-refractivity contribution in [3.8, 4) is 17.2 Å². The third-order valence-electron chi connectivity index (χ3n) is 6.65. The van der Waals surface area contributed by atoms with Crippen LogP contribution >= 0.6 is 15.9 Å². The minimum Gasteiger partial charge on any atom is -0.508 e. The number of carbonyl (C=O) groups is 1. The van der Waals surface area contributed by atoms with E-state index < -0.39 is 0 Å². The van der Waals surface area contributed by atoms with Crippen LogP contribution in [0.3, 0.4) is 0 Å². The molecule has 0 radical (unpaired) electrons. The highest BCUT2D eigenvalue weighted by molar-refractivity contribution is 9.10. The molecule has 5 heteroatoms. The number of allylic oxidation sites excluding steroid dienone is 2. The maximum Gasteiger partial charge on any atom is 0.154 e. The van der Waals surface area contributed by atoms with E-state index in [4.69, 9.17) is 0 Å². The molecule has 0 unspecified atom stereocenters. The van der Waals surface area contributed by atoms with E-state index in [2.05, 4.69) is 41.2 Å². The molecule has 3 N–H and O–H groups in total. The number of fused-ring (bicyclic) bond motifs is 3. The minimum absolute atomic E-state index is 0.0268. The maximum absolute atomic E-state index is 10.9. The predicted molar refractivity (Wildman–Crippen MR) is 178 cm³/mol. The molecule has 0 atom stereocenters. The Hall–Kier alpha value is -4.87. The summed E-state index contributed by atoms with van der Waals surface area (Å²) >= 11 is 3.39. The molecular weight excluding hydrogens is 588 g/mol. The molecule has 4 nitrogen and oxygen atoms in total. The highest BCUT2D eigenvalue weighted by atomic mass is 79.9. The Labute approximate surface area is 253 Å². The van der Waals surface area contributed by atoms with Crippen LogP contribution in [-0.2, 0) is 12.8 Å². The average molecular weight is 620 g/mol. The van der Waals surface area contributed by atoms with Gasteiger partial charge in [-0.1, -0.05) is 88.7 Å². The molecule has 0 aliphatic rings. The summed E-state index contributed by atoms with van der Waals surface area (Å²) in [5, 5.41) is 34.1. The zero-order valence-corrected chi connectivity index (χ0v) is 24.6. The summed E-state index contributed by atoms with van der Waals surface area (Å²) in [6.07, 6.45) is 6.10. The number of phenols is 3. The lowest BCUT2D eigenvalue weighted by atomic mass is 10.0. The SMILES string of the molecule is C=CCc1ccc2c(C=O)c(O)ccc2c1.C=CCc1ccc2cc(O)ccc2c1.Oc1ccc2cc(Br)ccc2c1. The van der Waals surface area contributed by atoms with E-state index in [0.717, 1.165) is 55.2 Å². The van der Waals surface area contributed by atoms with Crippen LogP contribution in [0.2, 0.25) is 0 Å². The number of aromatic hydroxyl groups is 3. The zero-order chi connectivity index (χ0) is 30.1. The monoisotopic (exact) mass is 618 g/mol. The van der Waals surface area contributed by atoms with E-state index in [1.165, 1.54) is 5.56 Å². The molecule has 6 aromatic rings. The van der Waals surface area contributed by atoms with Crippen LogP contribution in [-0.4, -0.2) is 21.6 Å². The van der Waals surface area contributed by atoms with Gasteiger partial charge in [0.2, 0.25) is 0 Å². The van der Waals surface area contributed by atoms with Crippen molar-refractivity contribution in [3.05, 3.63) is 150 Å². The van der Waals surface area contributed by atoms with Gasteiger partial charge in [-0.25, -0.2) is 0 Å². The molecule has 6 rings (SSSR count). The molecule has 210 valence electrons. The largest absolute Gasteiger partial charge is 0.508 e. The maximum atomic E-state index is 10.9. The third-order valence-corrected chi connectivity index (χ3v) is 7.15. The molecule has 0 amide bonds. The van der Waals surface area contributed by atoms with Crippen LogP contribution in [0.1, 0.15) is 21.5 Å². The summed E-state index contributed by atoms with van der Waals surface area (Å²) < 4.78 is 1.06. The van der Waals surface area contributed by atoms with E-state index in [1.54, 1.807) is 30.3 Å². The zero-order valence-electron chi connectivity index (χ0n) is 23.0. The number of halogens is 1. The number of rotatable bonds is 5. The van der Waals surface area contributed by atoms with E-state index in [9.17, 15) is 20.1 Å². The lowest BCUT2D eigenvalue weighted by molar-refractivity contribution is 0.112. The molecule has 0 bridgehead atoms. The Morgan fingerprint density at radius 2 is 1.05 bits per heavy atom. The molecule has 42 heavy (non-hydrogen) atoms. The second-order valence-corrected chi connectivity index (χ2v) is 10.6. The number of aldehydes is 1. The van der Waals surface area contributed by atoms with Crippen molar-refractivity contribution in [1.29, 1.82) is 0 Å². The lowest BCUT2D eigenvalue weighted by Gasteiger charge is -2.05. The van der Waals surface area contributed by atoms with Crippen molar-refractivity contribution in [3.63, 3.8) is 0 Å². The Kier molecular flexibility index (Phi) is 10.1. The van der Waals surface area contributed by atoms with Gasteiger partial charge < -0.3 is 15.3 Å². The number of hydrogen-bond acceptors (Lipinski definition) is 4. The van der Waals surface area contributed by atoms with Crippen LogP contribution in [0.15, 0.2) is 133 Å². The number of phenolic OH excluding ortho intramolecular Hbond substituents is 3. The van der Waals surface area contributed by atoms with Gasteiger partial charge in [-0.05, 0) is 98.8 Å². The first-order chi connectivity index (χ1) is 20.3. The van der Waals surface area contributed by atoms with E-state index in [-0.39, 0.29) is 5.75 Å². The summed E-state index contributed by atoms with van der Waals surface area (Å²) in [5.74, 6) is 0.651. The van der Waals surface area contributed by atoms with Gasteiger partial charge >= 0.3 is 0 Å². The molecular formula is C37H31BrO4. The second-order valence-electron chi connectivity index (χ2n) is 9.70. The van der Waals surface area contributed by atoms with E-state index in [0.29, 0.717) is 23.3 Å². The summed E-state index contributed by atoms with van der Waals surface area (Å²) in [6, 6.07) is 32.1. The van der Waals surface area contributed by atoms with Crippen LogP contribution in [0.5, 0.6) is 17.2 Å². The van der Waals surface area contributed by atoms with Crippen molar-refractivity contribution < 1.29 is 20.1 Å². The highest BCUT2D eigenvalue weighted by Gasteiger charge is 2.06. The standard InChI is InChI=1S/C14H12O2.C13H12O.C10H7BrO/c1-2-3-10-4-6-12-11(8-10)5-7-14(16)13(12)9-15;1-2-3-10-4-5-12-9-13(14)7-6-11(12)8-10;11-9-3-1-8-6-10(12)4-2-7(8)5-9/h2,4-9,16H,1,3H2;2,4-9,14H,1,3H2;1-6,12H. The van der Waals surface area contributed by atoms with Gasteiger partial charge in [0.05, 0.1) is 5.56 Å². The van der Waals surface area contributed by atoms with E-state index >= 15 is 0 Å². The van der Waals surface area contributed by atoms with Gasteiger partial charge in [0.15, 0.2) is 6.29 Å². The molecule has 6 aromatic carbocycles. The van der Waals surface area contributed by atoms with Crippen LogP contribution < -0.4 is 0 Å². The Bertz CT molecular complexity index is 1850. The molecule has 0 saturated heterocycles. The van der Waals surface area contributed by atoms with E-state index in [1.807, 2.05) is 72.8 Å². The number of hydrogen-bond donors (Lipinski definition) is 3. The van der Waals surface area contributed by atoms with Crippen molar-refractivity contribution >= 4 is 54.5 Å². The summed E-state index contributed by atoms with van der Waals surface area (Å²) in [4.78, 5) is 10.9. The van der Waals surface area contributed by atoms with Gasteiger partial charge in [0.1, 0.15) is 17.2 Å². The summed E-state index contributed by atoms with van der Waals surface area (Å²) in [7, 11) is 0. The van der Waals surface area contributed by atoms with Crippen LogP contribution in [0.25, 0.3) is 32.3 Å². The number of carbonyl (C=O) groups excluding carboxylic acids is 1. The quantitative estimate of drug-likeness (QED) is 0.133. The van der Waals surface area contributed by atoms with Crippen molar-refractivity contribution in [1.82, 2.24) is 0 Å². The predicted octanol–water partition coefficient (Wildman–Crippen LogP) is 9.67. The Morgan fingerprint density at radius 1 is 0.571 bits per heavy atom. The Morgan fingerprint density at radius 3 is 1.64 bits per heavy atom. The fourth-order valence-corrected chi connectivity index (χ4v) is 4.97. The topological polar surface area (TPSA) is 77.8 Å². The molecule has 0 fully saturated rings. The molecule has 0 aliphatic carbocycles. The van der Waals surface area contributed by atoms with Gasteiger partial charge in [-0.2, -0.15) is 0 Å². The van der Waals surface area contributed by atoms with Crippen molar-refractivity contribution in [2.24, 2.45) is 0 Å². The van der Waals surface area contributed by atoms with Gasteiger partial charge in [0.25, 0.3) is 0 Å². The highest BCUT2D eigenvalue weighted by Crippen LogP contribution is 2.27. The minimum atomic E-state index is 0.0268. The Balaban J connectivity index is 0.000000146. The number of benzene rings is 6. The second kappa shape index (κ2) is 14.2. The molecule has 0 spiro atoms. The first-order valence-electron chi connectivity index (χ1n) is 13.3. The van der Waals surface area contributed by atoms with Gasteiger partial charge in [-0.15, -0.1) is 13.2 Å². The third kappa shape index (κ3) is 7.65. The first-order valence-corrected chi connectivity index (χ1v) is 14.1. The first kappa shape index (κ1) is 30.1. The summed E-state index contributed by atoms with van der Waals surface area (Å²) in [5.41, 5.74) is 2.74. The molecule has 0 heterocycles. The fourth-order valence-electron chi connectivity index (χ4n) is 4.59. The average Bonchev–Trinajstić information content (AvgIpc) is 2.98. The fraction of sp³-hybridized carbons (Fsp3) is 0.0541. The van der Waals surface area contributed by atoms with Crippen molar-refractivity contribution in [2.75, 3.05) is 0 Å². The van der Waals surface area contributed by atoms with Crippen molar-refractivity contribution in [2.45, 2.75) is 12.8 Å². The molecule has 0 aliphatic heterocycles. The van der Waals surface area contributed by atoms with Crippen LogP contribution in [0.4, 0.5) is 0 Å². The molecule has 0 saturated carbocycles. The lowest BCUT2D eigenvalue weighted by Crippen LogP contribution is -1.87.